The van der Waals surface area contributed by atoms with Gasteiger partial charge in [0.15, 0.2) is 0 Å². The van der Waals surface area contributed by atoms with Crippen LogP contribution in [0.3, 0.4) is 0 Å². The molecule has 0 atom stereocenters. The molecular formula is C10H14ClFN2. The number of aromatic nitrogens is 1. The number of nitrogens with two attached hydrogens (primary N) is 1. The molecule has 14 heavy (non-hydrogen) atoms. The zero-order valence-electron chi connectivity index (χ0n) is 8.09. The number of nitrogen functional groups attached to an aromatic ring is 1. The minimum absolute atomic E-state index is 0. The van der Waals surface area contributed by atoms with Gasteiger partial charge in [-0.15, -0.1) is 12.4 Å². The number of nitrogens with zero attached hydrogens (tertiary/aromatic N) is 1. The summed E-state index contributed by atoms with van der Waals surface area (Å²) in [6.07, 6.45) is 3.37. The first-order valence-corrected chi connectivity index (χ1v) is 4.61. The fourth-order valence-corrected chi connectivity index (χ4v) is 1.72. The van der Waals surface area contributed by atoms with E-state index >= 15 is 0 Å². The third-order valence-electron chi connectivity index (χ3n) is 2.72. The van der Waals surface area contributed by atoms with E-state index in [1.807, 2.05) is 0 Å². The maximum atomic E-state index is 13.5. The van der Waals surface area contributed by atoms with E-state index in [9.17, 15) is 4.39 Å². The Hall–Kier alpha value is -0.830. The Kier molecular flexibility index (Phi) is 3.32. The molecule has 78 valence electrons. The Bertz CT molecular complexity index is 337. The molecule has 0 aromatic carbocycles. The molecule has 0 aliphatic heterocycles. The molecule has 0 radical (unpaired) electrons. The summed E-state index contributed by atoms with van der Waals surface area (Å²) < 4.78 is 13.5. The van der Waals surface area contributed by atoms with Crippen LogP contribution >= 0.6 is 12.4 Å². The third kappa shape index (κ3) is 1.82. The van der Waals surface area contributed by atoms with Crippen molar-refractivity contribution >= 4 is 18.2 Å². The monoisotopic (exact) mass is 216 g/mol. The van der Waals surface area contributed by atoms with Crippen LogP contribution in [0.15, 0.2) is 6.07 Å². The van der Waals surface area contributed by atoms with E-state index in [1.165, 1.54) is 6.42 Å². The molecule has 2 rings (SSSR count). The summed E-state index contributed by atoms with van der Waals surface area (Å²) in [7, 11) is 0. The maximum Gasteiger partial charge on any atom is 0.148 e. The summed E-state index contributed by atoms with van der Waals surface area (Å²) in [5, 5.41) is 0. The average molecular weight is 217 g/mol. The zero-order chi connectivity index (χ0) is 9.42. The van der Waals surface area contributed by atoms with Crippen molar-refractivity contribution in [3.05, 3.63) is 23.1 Å². The number of anilines is 1. The largest absolute Gasteiger partial charge is 0.384 e. The van der Waals surface area contributed by atoms with Gasteiger partial charge >= 0.3 is 0 Å². The molecule has 0 unspecified atom stereocenters. The van der Waals surface area contributed by atoms with Crippen LogP contribution in [-0.2, 0) is 0 Å². The zero-order valence-corrected chi connectivity index (χ0v) is 8.90. The predicted octanol–water partition coefficient (Wildman–Crippen LogP) is 2.80. The number of rotatable bonds is 1. The molecule has 1 fully saturated rings. The van der Waals surface area contributed by atoms with Crippen LogP contribution in [-0.4, -0.2) is 4.98 Å². The van der Waals surface area contributed by atoms with E-state index in [-0.39, 0.29) is 18.2 Å². The summed E-state index contributed by atoms with van der Waals surface area (Å²) in [6.45, 7) is 1.66. The first-order chi connectivity index (χ1) is 6.18. The SMILES string of the molecule is Cc1nc(N)cc(C2CCC2)c1F.Cl. The molecule has 1 aliphatic carbocycles. The Balaban J connectivity index is 0.000000980. The van der Waals surface area contributed by atoms with Gasteiger partial charge in [-0.2, -0.15) is 0 Å². The van der Waals surface area contributed by atoms with Crippen LogP contribution in [0.1, 0.15) is 36.4 Å². The van der Waals surface area contributed by atoms with Crippen molar-refractivity contribution in [2.45, 2.75) is 32.1 Å². The van der Waals surface area contributed by atoms with Crippen molar-refractivity contribution in [2.24, 2.45) is 0 Å². The lowest BCUT2D eigenvalue weighted by atomic mass is 9.80. The number of halogens is 2. The first-order valence-electron chi connectivity index (χ1n) is 4.61. The topological polar surface area (TPSA) is 38.9 Å². The minimum atomic E-state index is -0.168. The fraction of sp³-hybridized carbons (Fsp3) is 0.500. The van der Waals surface area contributed by atoms with Gasteiger partial charge in [0.2, 0.25) is 0 Å². The summed E-state index contributed by atoms with van der Waals surface area (Å²) >= 11 is 0. The van der Waals surface area contributed by atoms with Gasteiger partial charge in [-0.1, -0.05) is 6.42 Å². The standard InChI is InChI=1S/C10H13FN2.ClH/c1-6-10(11)8(5-9(12)13-6)7-3-2-4-7;/h5,7H,2-4H2,1H3,(H2,12,13);1H. The Morgan fingerprint density at radius 1 is 1.50 bits per heavy atom. The van der Waals surface area contributed by atoms with Crippen LogP contribution in [0, 0.1) is 12.7 Å². The summed E-state index contributed by atoms with van der Waals surface area (Å²) in [6, 6.07) is 1.67. The molecule has 1 aromatic heterocycles. The van der Waals surface area contributed by atoms with Gasteiger partial charge in [0, 0.05) is 0 Å². The first kappa shape index (κ1) is 11.2. The molecule has 4 heteroatoms. The second-order valence-corrected chi connectivity index (χ2v) is 3.66. The van der Waals surface area contributed by atoms with Crippen LogP contribution in [0.4, 0.5) is 10.2 Å². The highest BCUT2D eigenvalue weighted by atomic mass is 35.5. The second kappa shape index (κ2) is 4.13. The summed E-state index contributed by atoms with van der Waals surface area (Å²) in [5.74, 6) is 0.642. The van der Waals surface area contributed by atoms with Gasteiger partial charge in [-0.05, 0) is 37.3 Å². The molecule has 1 saturated carbocycles. The Morgan fingerprint density at radius 3 is 2.64 bits per heavy atom. The van der Waals surface area contributed by atoms with E-state index in [0.717, 1.165) is 18.4 Å². The summed E-state index contributed by atoms with van der Waals surface area (Å²) in [5.41, 5.74) is 6.75. The molecule has 2 N–H and O–H groups in total. The Morgan fingerprint density at radius 2 is 2.14 bits per heavy atom. The van der Waals surface area contributed by atoms with E-state index < -0.39 is 0 Å². The van der Waals surface area contributed by atoms with Crippen LogP contribution in [0.5, 0.6) is 0 Å². The van der Waals surface area contributed by atoms with Crippen molar-refractivity contribution in [2.75, 3.05) is 5.73 Å². The fourth-order valence-electron chi connectivity index (χ4n) is 1.72. The van der Waals surface area contributed by atoms with E-state index in [1.54, 1.807) is 13.0 Å². The highest BCUT2D eigenvalue weighted by Gasteiger charge is 2.24. The van der Waals surface area contributed by atoms with Crippen molar-refractivity contribution < 1.29 is 4.39 Å². The lowest BCUT2D eigenvalue weighted by Crippen LogP contribution is -2.12. The van der Waals surface area contributed by atoms with Gasteiger partial charge in [-0.25, -0.2) is 9.37 Å². The normalized spacial score (nSPS) is 15.9. The molecule has 1 heterocycles. The van der Waals surface area contributed by atoms with Gasteiger partial charge in [0.25, 0.3) is 0 Å². The summed E-state index contributed by atoms with van der Waals surface area (Å²) in [4.78, 5) is 3.88. The number of pyridine rings is 1. The molecule has 2 nitrogen and oxygen atoms in total. The van der Waals surface area contributed by atoms with Gasteiger partial charge in [0.05, 0.1) is 5.69 Å². The molecule has 0 amide bonds. The highest BCUT2D eigenvalue weighted by molar-refractivity contribution is 5.85. The van der Waals surface area contributed by atoms with Crippen molar-refractivity contribution in [1.29, 1.82) is 0 Å². The molecule has 1 aromatic rings. The van der Waals surface area contributed by atoms with E-state index in [4.69, 9.17) is 5.73 Å². The third-order valence-corrected chi connectivity index (χ3v) is 2.72. The van der Waals surface area contributed by atoms with Gasteiger partial charge in [0.1, 0.15) is 11.6 Å². The highest BCUT2D eigenvalue weighted by Crippen LogP contribution is 2.38. The lowest BCUT2D eigenvalue weighted by molar-refractivity contribution is 0.402. The quantitative estimate of drug-likeness (QED) is 0.784. The predicted molar refractivity (Wildman–Crippen MR) is 57.2 cm³/mol. The number of aryl methyl sites for hydroxylation is 1. The minimum Gasteiger partial charge on any atom is -0.384 e. The smallest absolute Gasteiger partial charge is 0.148 e. The molecule has 1 aliphatic rings. The van der Waals surface area contributed by atoms with E-state index in [0.29, 0.717) is 17.4 Å². The van der Waals surface area contributed by atoms with Crippen LogP contribution in [0.2, 0.25) is 0 Å². The van der Waals surface area contributed by atoms with Crippen molar-refractivity contribution in [1.82, 2.24) is 4.98 Å². The maximum absolute atomic E-state index is 13.5. The number of hydrogen-bond acceptors (Lipinski definition) is 2. The molecule has 0 bridgehead atoms. The van der Waals surface area contributed by atoms with Gasteiger partial charge < -0.3 is 5.73 Å². The van der Waals surface area contributed by atoms with E-state index in [2.05, 4.69) is 4.98 Å². The molecule has 0 spiro atoms. The molecular weight excluding hydrogens is 203 g/mol. The lowest BCUT2D eigenvalue weighted by Gasteiger charge is -2.26. The van der Waals surface area contributed by atoms with Gasteiger partial charge in [-0.3, -0.25) is 0 Å². The molecule has 0 saturated heterocycles. The Labute approximate surface area is 89.1 Å². The number of hydrogen-bond donors (Lipinski definition) is 1. The van der Waals surface area contributed by atoms with Crippen LogP contribution < -0.4 is 5.73 Å². The average Bonchev–Trinajstić information content (AvgIpc) is 1.95. The van der Waals surface area contributed by atoms with Crippen molar-refractivity contribution in [3.63, 3.8) is 0 Å². The second-order valence-electron chi connectivity index (χ2n) is 3.66. The van der Waals surface area contributed by atoms with Crippen molar-refractivity contribution in [3.8, 4) is 0 Å². The van der Waals surface area contributed by atoms with Crippen LogP contribution in [0.25, 0.3) is 0 Å².